The maximum Gasteiger partial charge on any atom is 0.472 e. The summed E-state index contributed by atoms with van der Waals surface area (Å²) in [6, 6.07) is -0.566. The van der Waals surface area contributed by atoms with Crippen molar-refractivity contribution in [1.29, 1.82) is 0 Å². The molecule has 15 heavy (non-hydrogen) atoms. The maximum absolute atomic E-state index is 11.1. The van der Waals surface area contributed by atoms with Gasteiger partial charge in [0, 0.05) is 7.11 Å². The third kappa shape index (κ3) is 3.01. The van der Waals surface area contributed by atoms with Crippen molar-refractivity contribution in [1.82, 2.24) is 0 Å². The van der Waals surface area contributed by atoms with Crippen LogP contribution in [0.25, 0.3) is 0 Å². The number of phosphoric ester groups is 1. The minimum atomic E-state index is -4.19. The van der Waals surface area contributed by atoms with E-state index in [1.807, 2.05) is 0 Å². The van der Waals surface area contributed by atoms with Crippen LogP contribution in [0.3, 0.4) is 0 Å². The highest BCUT2D eigenvalue weighted by atomic mass is 31.2. The highest BCUT2D eigenvalue weighted by molar-refractivity contribution is 7.47. The number of rotatable bonds is 4. The molecule has 9 heteroatoms. The van der Waals surface area contributed by atoms with Gasteiger partial charge in [0.15, 0.2) is 0 Å². The first-order valence-electron chi connectivity index (χ1n) is 4.42. The molecule has 0 aromatic rings. The first kappa shape index (κ1) is 13.1. The van der Waals surface area contributed by atoms with Gasteiger partial charge in [-0.15, -0.1) is 0 Å². The Morgan fingerprint density at radius 1 is 1.60 bits per heavy atom. The Morgan fingerprint density at radius 3 is 2.67 bits per heavy atom. The lowest BCUT2D eigenvalue weighted by atomic mass is 9.93. The van der Waals surface area contributed by atoms with E-state index in [0.29, 0.717) is 0 Å². The summed E-state index contributed by atoms with van der Waals surface area (Å²) in [7, 11) is -1.60. The van der Waals surface area contributed by atoms with Gasteiger partial charge in [-0.3, -0.25) is 9.05 Å². The molecular formula is C6H14BO7P. The van der Waals surface area contributed by atoms with Crippen molar-refractivity contribution >= 4 is 15.7 Å². The van der Waals surface area contributed by atoms with Crippen molar-refractivity contribution in [3.8, 4) is 0 Å². The van der Waals surface area contributed by atoms with Crippen LogP contribution < -0.4 is 0 Å². The third-order valence-corrected chi connectivity index (χ3v) is 3.21. The van der Waals surface area contributed by atoms with Crippen molar-refractivity contribution < 1.29 is 33.5 Å². The summed E-state index contributed by atoms with van der Waals surface area (Å²) < 4.78 is 25.1. The summed E-state index contributed by atoms with van der Waals surface area (Å²) in [5.74, 6) is 0. The molecule has 0 bridgehead atoms. The van der Waals surface area contributed by atoms with E-state index in [1.165, 1.54) is 0 Å². The summed E-state index contributed by atoms with van der Waals surface area (Å²) in [5.41, 5.74) is 0. The fourth-order valence-corrected chi connectivity index (χ4v) is 2.05. The second kappa shape index (κ2) is 4.92. The molecule has 1 aliphatic heterocycles. The predicted octanol–water partition coefficient (Wildman–Crippen LogP) is -2.17. The van der Waals surface area contributed by atoms with E-state index in [4.69, 9.17) is 14.7 Å². The Hall–Kier alpha value is 0.0549. The minimum absolute atomic E-state index is 0.407. The zero-order valence-electron chi connectivity index (χ0n) is 8.44. The van der Waals surface area contributed by atoms with Crippen LogP contribution in [0.15, 0.2) is 0 Å². The largest absolute Gasteiger partial charge is 0.472 e. The van der Waals surface area contributed by atoms with Gasteiger partial charge < -0.3 is 19.8 Å². The predicted molar refractivity (Wildman–Crippen MR) is 52.0 cm³/mol. The van der Waals surface area contributed by atoms with E-state index in [9.17, 15) is 9.67 Å². The third-order valence-electron chi connectivity index (χ3n) is 2.24. The highest BCUT2D eigenvalue weighted by Gasteiger charge is 2.45. The van der Waals surface area contributed by atoms with Crippen LogP contribution in [0.2, 0.25) is 0 Å². The number of hydrogen-bond acceptors (Lipinski definition) is 6. The zero-order valence-corrected chi connectivity index (χ0v) is 9.33. The van der Waals surface area contributed by atoms with Gasteiger partial charge in [0.05, 0.1) is 12.6 Å². The fraction of sp³-hybridized carbons (Fsp3) is 1.00. The van der Waals surface area contributed by atoms with Gasteiger partial charge in [-0.25, -0.2) is 4.57 Å². The Bertz CT molecular complexity index is 262. The lowest BCUT2D eigenvalue weighted by Gasteiger charge is -2.21. The molecule has 1 aliphatic rings. The van der Waals surface area contributed by atoms with E-state index in [0.717, 1.165) is 7.11 Å². The summed E-state index contributed by atoms with van der Waals surface area (Å²) >= 11 is 0. The Labute approximate surface area is 88.0 Å². The average Bonchev–Trinajstić information content (AvgIpc) is 2.45. The van der Waals surface area contributed by atoms with E-state index in [-0.39, 0.29) is 0 Å². The van der Waals surface area contributed by atoms with Crippen LogP contribution in [0.1, 0.15) is 0 Å². The Morgan fingerprint density at radius 2 is 2.20 bits per heavy atom. The quantitative estimate of drug-likeness (QED) is 0.379. The normalized spacial score (nSPS) is 40.3. The van der Waals surface area contributed by atoms with Gasteiger partial charge in [-0.1, -0.05) is 0 Å². The molecule has 0 spiro atoms. The van der Waals surface area contributed by atoms with Crippen molar-refractivity contribution in [2.24, 2.45) is 0 Å². The topological polar surface area (TPSA) is 105 Å². The van der Waals surface area contributed by atoms with Crippen molar-refractivity contribution in [3.63, 3.8) is 0 Å². The summed E-state index contributed by atoms with van der Waals surface area (Å²) in [4.78, 5) is 9.06. The first-order chi connectivity index (χ1) is 6.91. The van der Waals surface area contributed by atoms with E-state index < -0.39 is 38.7 Å². The summed E-state index contributed by atoms with van der Waals surface area (Å²) in [5, 5.41) is 18.5. The molecule has 7 nitrogen and oxygen atoms in total. The molecule has 1 rings (SSSR count). The van der Waals surface area contributed by atoms with Gasteiger partial charge in [0.2, 0.25) is 0 Å². The van der Waals surface area contributed by atoms with Crippen LogP contribution >= 0.6 is 7.82 Å². The van der Waals surface area contributed by atoms with Crippen LogP contribution in [-0.2, 0) is 18.3 Å². The monoisotopic (exact) mass is 240 g/mol. The minimum Gasteiger partial charge on any atom is -0.394 e. The van der Waals surface area contributed by atoms with Crippen LogP contribution in [-0.4, -0.2) is 61.0 Å². The smallest absolute Gasteiger partial charge is 0.394 e. The average molecular weight is 240 g/mol. The fourth-order valence-electron chi connectivity index (χ4n) is 1.39. The number of phosphoric acid groups is 1. The lowest BCUT2D eigenvalue weighted by molar-refractivity contribution is -0.0109. The van der Waals surface area contributed by atoms with Gasteiger partial charge in [0.25, 0.3) is 0 Å². The van der Waals surface area contributed by atoms with E-state index in [1.54, 1.807) is 7.85 Å². The standard InChI is InChI=1S/C6H14BO7P/c1-12-15(10,11)14-5-3(2-8)13-6(7)4(5)9/h3-6,8-9H,2,7H2,1H3,(H,10,11)/t3-,4?,5?,6-/m1/s1. The molecular weight excluding hydrogens is 226 g/mol. The Balaban J connectivity index is 2.70. The van der Waals surface area contributed by atoms with Crippen molar-refractivity contribution in [2.75, 3.05) is 13.7 Å². The van der Waals surface area contributed by atoms with Gasteiger partial charge >= 0.3 is 7.82 Å². The summed E-state index contributed by atoms with van der Waals surface area (Å²) in [6.45, 7) is -0.407. The van der Waals surface area contributed by atoms with Crippen LogP contribution in [0.5, 0.6) is 0 Å². The maximum atomic E-state index is 11.1. The second-order valence-electron chi connectivity index (χ2n) is 3.27. The highest BCUT2D eigenvalue weighted by Crippen LogP contribution is 2.46. The van der Waals surface area contributed by atoms with Crippen LogP contribution in [0.4, 0.5) is 0 Å². The lowest BCUT2D eigenvalue weighted by Crippen LogP contribution is -2.36. The van der Waals surface area contributed by atoms with Crippen molar-refractivity contribution in [2.45, 2.75) is 24.3 Å². The molecule has 0 amide bonds. The molecule has 3 N–H and O–H groups in total. The second-order valence-corrected chi connectivity index (χ2v) is 4.79. The molecule has 0 aromatic heterocycles. The van der Waals surface area contributed by atoms with Gasteiger partial charge in [0.1, 0.15) is 26.2 Å². The number of aliphatic hydroxyl groups is 2. The molecule has 1 heterocycles. The molecule has 5 atom stereocenters. The molecule has 3 unspecified atom stereocenters. The molecule has 0 aromatic carbocycles. The molecule has 1 saturated heterocycles. The van der Waals surface area contributed by atoms with Crippen molar-refractivity contribution in [3.05, 3.63) is 0 Å². The number of ether oxygens (including phenoxy) is 1. The number of hydrogen-bond donors (Lipinski definition) is 3. The molecule has 0 radical (unpaired) electrons. The summed E-state index contributed by atoms with van der Waals surface area (Å²) in [6.07, 6.45) is -2.97. The molecule has 0 aliphatic carbocycles. The molecule has 88 valence electrons. The molecule has 1 fully saturated rings. The SMILES string of the molecule is B[C@@H]1O[C@H](CO)C(OP(=O)(O)OC)C1O. The van der Waals surface area contributed by atoms with Crippen LogP contribution in [0, 0.1) is 0 Å². The van der Waals surface area contributed by atoms with E-state index >= 15 is 0 Å². The van der Waals surface area contributed by atoms with Gasteiger partial charge in [-0.2, -0.15) is 0 Å². The van der Waals surface area contributed by atoms with Gasteiger partial charge in [-0.05, 0) is 0 Å². The zero-order chi connectivity index (χ0) is 11.6. The first-order valence-corrected chi connectivity index (χ1v) is 5.92. The van der Waals surface area contributed by atoms with E-state index in [2.05, 4.69) is 9.05 Å². The Kier molecular flexibility index (Phi) is 4.31. The number of aliphatic hydroxyl groups excluding tert-OH is 2. The molecule has 0 saturated carbocycles.